The van der Waals surface area contributed by atoms with Crippen molar-refractivity contribution < 1.29 is 0 Å². The van der Waals surface area contributed by atoms with Gasteiger partial charge in [0.2, 0.25) is 0 Å². The molecule has 0 unspecified atom stereocenters. The molecule has 0 atom stereocenters. The maximum atomic E-state index is 7.87. The minimum absolute atomic E-state index is 0.0532. The number of allylic oxidation sites excluding steroid dienone is 2. The van der Waals surface area contributed by atoms with Crippen LogP contribution in [0.3, 0.4) is 0 Å². The third-order valence-electron chi connectivity index (χ3n) is 0.349. The topological polar surface area (TPSA) is 73.6 Å². The molecule has 3 nitrogen and oxygen atoms in total. The highest BCUT2D eigenvalue weighted by molar-refractivity contribution is 5.22. The number of nitriles is 2. The van der Waals surface area contributed by atoms with Crippen LogP contribution in [-0.2, 0) is 0 Å². The zero-order valence-corrected chi connectivity index (χ0v) is 3.55. The van der Waals surface area contributed by atoms with Crippen molar-refractivity contribution in [2.75, 3.05) is 0 Å². The molecule has 0 aliphatic carbocycles. The lowest BCUT2D eigenvalue weighted by Crippen LogP contribution is -1.90. The zero-order valence-electron chi connectivity index (χ0n) is 3.55. The number of nitrogens with zero attached hydrogens (tertiary/aromatic N) is 2. The fourth-order valence-electron chi connectivity index (χ4n) is 0.102. The van der Waals surface area contributed by atoms with E-state index >= 15 is 0 Å². The zero-order chi connectivity index (χ0) is 5.70. The molecule has 0 aliphatic rings. The molecule has 7 heavy (non-hydrogen) atoms. The Kier molecular flexibility index (Phi) is 2.16. The Morgan fingerprint density at radius 1 is 1.57 bits per heavy atom. The van der Waals surface area contributed by atoms with E-state index in [4.69, 9.17) is 16.3 Å². The third-order valence-corrected chi connectivity index (χ3v) is 0.349. The van der Waals surface area contributed by atoms with Crippen LogP contribution in [0.1, 0.15) is 0 Å². The van der Waals surface area contributed by atoms with Crippen LogP contribution in [-0.4, -0.2) is 0 Å². The number of nitrogens with two attached hydrogens (primary N) is 1. The van der Waals surface area contributed by atoms with Crippen molar-refractivity contribution in [3.05, 3.63) is 11.8 Å². The minimum atomic E-state index is -0.0532. The standard InChI is InChI=1S/C4H3N3/c5-2-1-4(7)3-6/h1H,7H2. The van der Waals surface area contributed by atoms with E-state index in [1.807, 2.05) is 0 Å². The van der Waals surface area contributed by atoms with E-state index < -0.39 is 0 Å². The van der Waals surface area contributed by atoms with Crippen LogP contribution in [0, 0.1) is 22.7 Å². The second-order valence-electron chi connectivity index (χ2n) is 0.841. The predicted octanol–water partition coefficient (Wildman–Crippen LogP) is -0.124. The second kappa shape index (κ2) is 2.74. The monoisotopic (exact) mass is 93.0 g/mol. The van der Waals surface area contributed by atoms with Crippen LogP contribution in [0.5, 0.6) is 0 Å². The molecule has 0 saturated heterocycles. The van der Waals surface area contributed by atoms with E-state index in [-0.39, 0.29) is 5.70 Å². The molecule has 0 aromatic heterocycles. The Bertz CT molecular complexity index is 155. The van der Waals surface area contributed by atoms with Crippen molar-refractivity contribution in [3.63, 3.8) is 0 Å². The number of hydrogen-bond acceptors (Lipinski definition) is 3. The van der Waals surface area contributed by atoms with Gasteiger partial charge in [0.1, 0.15) is 11.8 Å². The van der Waals surface area contributed by atoms with E-state index in [0.29, 0.717) is 0 Å². The second-order valence-corrected chi connectivity index (χ2v) is 0.841. The quantitative estimate of drug-likeness (QED) is 0.424. The summed E-state index contributed by atoms with van der Waals surface area (Å²) in [6.07, 6.45) is 0.986. The Morgan fingerprint density at radius 3 is 2.29 bits per heavy atom. The van der Waals surface area contributed by atoms with Gasteiger partial charge in [-0.3, -0.25) is 0 Å². The van der Waals surface area contributed by atoms with Crippen LogP contribution < -0.4 is 5.73 Å². The first-order valence-corrected chi connectivity index (χ1v) is 1.56. The molecule has 0 aromatic carbocycles. The first-order chi connectivity index (χ1) is 3.31. The highest BCUT2D eigenvalue weighted by Crippen LogP contribution is 1.73. The summed E-state index contributed by atoms with van der Waals surface area (Å²) in [5.41, 5.74) is 4.81. The molecule has 0 fully saturated rings. The highest BCUT2D eigenvalue weighted by atomic mass is 14.6. The lowest BCUT2D eigenvalue weighted by atomic mass is 10.5. The van der Waals surface area contributed by atoms with Gasteiger partial charge in [0.05, 0.1) is 6.07 Å². The van der Waals surface area contributed by atoms with Crippen LogP contribution in [0.4, 0.5) is 0 Å². The summed E-state index contributed by atoms with van der Waals surface area (Å²) in [7, 11) is 0. The average molecular weight is 93.1 g/mol. The third kappa shape index (κ3) is 2.32. The molecule has 0 amide bonds. The summed E-state index contributed by atoms with van der Waals surface area (Å²) in [4.78, 5) is 0. The molecule has 2 N–H and O–H groups in total. The molecular formula is C4H3N3. The van der Waals surface area contributed by atoms with Crippen molar-refractivity contribution in [2.24, 2.45) is 5.73 Å². The van der Waals surface area contributed by atoms with Gasteiger partial charge in [-0.05, 0) is 0 Å². The van der Waals surface area contributed by atoms with Crippen LogP contribution in [0.2, 0.25) is 0 Å². The van der Waals surface area contributed by atoms with Gasteiger partial charge in [-0.1, -0.05) is 0 Å². The first kappa shape index (κ1) is 5.52. The predicted molar refractivity (Wildman–Crippen MR) is 23.5 cm³/mol. The van der Waals surface area contributed by atoms with Gasteiger partial charge in [-0.25, -0.2) is 0 Å². The SMILES string of the molecule is N#CC=C(N)C#N. The maximum absolute atomic E-state index is 7.87. The average Bonchev–Trinajstić information content (AvgIpc) is 1.68. The van der Waals surface area contributed by atoms with Crippen molar-refractivity contribution in [3.8, 4) is 12.1 Å². The van der Waals surface area contributed by atoms with Gasteiger partial charge < -0.3 is 5.73 Å². The molecule has 0 saturated carbocycles. The van der Waals surface area contributed by atoms with Crippen molar-refractivity contribution in [1.82, 2.24) is 0 Å². The normalized spacial score (nSPS) is 9.14. The molecule has 0 heterocycles. The summed E-state index contributed by atoms with van der Waals surface area (Å²) in [5.74, 6) is 0. The first-order valence-electron chi connectivity index (χ1n) is 1.56. The highest BCUT2D eigenvalue weighted by Gasteiger charge is 1.76. The lowest BCUT2D eigenvalue weighted by molar-refractivity contribution is 1.38. The molecule has 3 heteroatoms. The smallest absolute Gasteiger partial charge is 0.121 e. The number of hydrogen-bond donors (Lipinski definition) is 1. The summed E-state index contributed by atoms with van der Waals surface area (Å²) in [6.45, 7) is 0. The van der Waals surface area contributed by atoms with Crippen molar-refractivity contribution in [2.45, 2.75) is 0 Å². The van der Waals surface area contributed by atoms with E-state index in [9.17, 15) is 0 Å². The van der Waals surface area contributed by atoms with Crippen molar-refractivity contribution in [1.29, 1.82) is 10.5 Å². The molecule has 0 aliphatic heterocycles. The fraction of sp³-hybridized carbons (Fsp3) is 0. The molecule has 0 aromatic rings. The minimum Gasteiger partial charge on any atom is -0.390 e. The van der Waals surface area contributed by atoms with E-state index in [0.717, 1.165) is 6.08 Å². The van der Waals surface area contributed by atoms with Crippen LogP contribution in [0.15, 0.2) is 11.8 Å². The summed E-state index contributed by atoms with van der Waals surface area (Å²) >= 11 is 0. The largest absolute Gasteiger partial charge is 0.390 e. The Morgan fingerprint density at radius 2 is 2.14 bits per heavy atom. The maximum Gasteiger partial charge on any atom is 0.121 e. The lowest BCUT2D eigenvalue weighted by Gasteiger charge is -1.71. The Hall–Kier alpha value is -1.48. The molecular weight excluding hydrogens is 90.1 g/mol. The molecule has 34 valence electrons. The van der Waals surface area contributed by atoms with E-state index in [1.165, 1.54) is 0 Å². The van der Waals surface area contributed by atoms with Gasteiger partial charge in [-0.15, -0.1) is 0 Å². The molecule has 0 spiro atoms. The molecule has 0 radical (unpaired) electrons. The van der Waals surface area contributed by atoms with Gasteiger partial charge in [0.15, 0.2) is 0 Å². The number of rotatable bonds is 0. The van der Waals surface area contributed by atoms with Gasteiger partial charge in [-0.2, -0.15) is 10.5 Å². The van der Waals surface area contributed by atoms with Crippen molar-refractivity contribution >= 4 is 0 Å². The Balaban J connectivity index is 3.89. The summed E-state index contributed by atoms with van der Waals surface area (Å²) < 4.78 is 0. The van der Waals surface area contributed by atoms with Gasteiger partial charge in [0.25, 0.3) is 0 Å². The Labute approximate surface area is 41.3 Å². The van der Waals surface area contributed by atoms with Crippen LogP contribution in [0.25, 0.3) is 0 Å². The van der Waals surface area contributed by atoms with E-state index in [1.54, 1.807) is 12.1 Å². The summed E-state index contributed by atoms with van der Waals surface area (Å²) in [5, 5.41) is 15.7. The summed E-state index contributed by atoms with van der Waals surface area (Å²) in [6, 6.07) is 3.19. The van der Waals surface area contributed by atoms with Crippen LogP contribution >= 0.6 is 0 Å². The van der Waals surface area contributed by atoms with Gasteiger partial charge in [0, 0.05) is 6.08 Å². The fourth-order valence-corrected chi connectivity index (χ4v) is 0.102. The molecule has 0 bridgehead atoms. The van der Waals surface area contributed by atoms with Gasteiger partial charge >= 0.3 is 0 Å². The van der Waals surface area contributed by atoms with E-state index in [2.05, 4.69) is 0 Å². The molecule has 0 rings (SSSR count).